The van der Waals surface area contributed by atoms with Gasteiger partial charge in [0.15, 0.2) is 0 Å². The minimum atomic E-state index is 0.106. The van der Waals surface area contributed by atoms with Gasteiger partial charge in [-0.3, -0.25) is 0 Å². The molecular weight excluding hydrogens is 276 g/mol. The highest BCUT2D eigenvalue weighted by Crippen LogP contribution is 2.32. The van der Waals surface area contributed by atoms with Crippen molar-refractivity contribution in [2.45, 2.75) is 44.6 Å². The molecule has 2 amide bonds. The van der Waals surface area contributed by atoms with Gasteiger partial charge in [-0.05, 0) is 49.3 Å². The van der Waals surface area contributed by atoms with Gasteiger partial charge in [0.1, 0.15) is 5.75 Å². The largest absolute Gasteiger partial charge is 0.497 e. The van der Waals surface area contributed by atoms with Crippen molar-refractivity contribution in [2.75, 3.05) is 20.2 Å². The second-order valence-corrected chi connectivity index (χ2v) is 6.46. The smallest absolute Gasteiger partial charge is 0.317 e. The molecule has 1 saturated carbocycles. The topological polar surface area (TPSA) is 41.6 Å². The van der Waals surface area contributed by atoms with Gasteiger partial charge in [0, 0.05) is 13.1 Å². The van der Waals surface area contributed by atoms with Crippen LogP contribution in [-0.2, 0) is 0 Å². The molecule has 3 rings (SSSR count). The predicted octanol–water partition coefficient (Wildman–Crippen LogP) is 3.73. The van der Waals surface area contributed by atoms with Crippen LogP contribution in [0.4, 0.5) is 4.79 Å². The standard InChI is InChI=1S/C18H26N2O2/c1-22-16-10-8-15(9-11-16)17-5-3-2-4-12-20(17)18(21)19-13-14-6-7-14/h8-11,14,17H,2-7,12-13H2,1H3,(H,19,21)/t17-/m0/s1. The molecule has 0 spiro atoms. The molecule has 1 heterocycles. The van der Waals surface area contributed by atoms with Gasteiger partial charge in [0.2, 0.25) is 0 Å². The van der Waals surface area contributed by atoms with Gasteiger partial charge in [0.05, 0.1) is 13.2 Å². The number of hydrogen-bond donors (Lipinski definition) is 1. The summed E-state index contributed by atoms with van der Waals surface area (Å²) >= 11 is 0. The summed E-state index contributed by atoms with van der Waals surface area (Å²) in [5.74, 6) is 1.58. The number of amides is 2. The first-order chi connectivity index (χ1) is 10.8. The number of nitrogens with one attached hydrogen (secondary N) is 1. The second-order valence-electron chi connectivity index (χ2n) is 6.46. The van der Waals surface area contributed by atoms with Gasteiger partial charge in [-0.15, -0.1) is 0 Å². The fraction of sp³-hybridized carbons (Fsp3) is 0.611. The summed E-state index contributed by atoms with van der Waals surface area (Å²) in [7, 11) is 1.68. The molecule has 1 aromatic rings. The average molecular weight is 302 g/mol. The van der Waals surface area contributed by atoms with Crippen LogP contribution in [-0.4, -0.2) is 31.1 Å². The number of benzene rings is 1. The number of urea groups is 1. The SMILES string of the molecule is COc1ccc([C@@H]2CCCCCN2C(=O)NCC2CC2)cc1. The molecule has 0 aromatic heterocycles. The van der Waals surface area contributed by atoms with Crippen LogP contribution in [0.2, 0.25) is 0 Å². The maximum absolute atomic E-state index is 12.6. The molecule has 2 fully saturated rings. The normalized spacial score (nSPS) is 22.0. The van der Waals surface area contributed by atoms with Crippen LogP contribution in [0.25, 0.3) is 0 Å². The average Bonchev–Trinajstić information content (AvgIpc) is 3.39. The zero-order valence-corrected chi connectivity index (χ0v) is 13.4. The third kappa shape index (κ3) is 3.73. The van der Waals surface area contributed by atoms with Crippen molar-refractivity contribution in [3.8, 4) is 5.75 Å². The van der Waals surface area contributed by atoms with Gasteiger partial charge in [-0.2, -0.15) is 0 Å². The molecular formula is C18H26N2O2. The van der Waals surface area contributed by atoms with Crippen molar-refractivity contribution < 1.29 is 9.53 Å². The third-order valence-corrected chi connectivity index (χ3v) is 4.75. The molecule has 1 N–H and O–H groups in total. The zero-order valence-electron chi connectivity index (χ0n) is 13.4. The summed E-state index contributed by atoms with van der Waals surface area (Å²) in [5.41, 5.74) is 1.21. The van der Waals surface area contributed by atoms with E-state index in [-0.39, 0.29) is 12.1 Å². The van der Waals surface area contributed by atoms with E-state index in [1.807, 2.05) is 17.0 Å². The van der Waals surface area contributed by atoms with E-state index in [2.05, 4.69) is 17.4 Å². The summed E-state index contributed by atoms with van der Waals surface area (Å²) in [6.45, 7) is 1.69. The molecule has 4 nitrogen and oxygen atoms in total. The molecule has 0 bridgehead atoms. The monoisotopic (exact) mass is 302 g/mol. The molecule has 1 aliphatic heterocycles. The molecule has 22 heavy (non-hydrogen) atoms. The Hall–Kier alpha value is -1.71. The minimum Gasteiger partial charge on any atom is -0.497 e. The van der Waals surface area contributed by atoms with E-state index in [4.69, 9.17) is 4.74 Å². The van der Waals surface area contributed by atoms with E-state index in [0.717, 1.165) is 37.6 Å². The number of carbonyl (C=O) groups excluding carboxylic acids is 1. The molecule has 1 atom stereocenters. The van der Waals surface area contributed by atoms with Crippen LogP contribution < -0.4 is 10.1 Å². The number of likely N-dealkylation sites (tertiary alicyclic amines) is 1. The third-order valence-electron chi connectivity index (χ3n) is 4.75. The van der Waals surface area contributed by atoms with Crippen LogP contribution in [0.1, 0.15) is 50.1 Å². The van der Waals surface area contributed by atoms with Crippen molar-refractivity contribution in [3.05, 3.63) is 29.8 Å². The quantitative estimate of drug-likeness (QED) is 0.920. The van der Waals surface area contributed by atoms with Crippen molar-refractivity contribution in [3.63, 3.8) is 0 Å². The van der Waals surface area contributed by atoms with Crippen LogP contribution in [0, 0.1) is 5.92 Å². The summed E-state index contributed by atoms with van der Waals surface area (Å²) in [4.78, 5) is 14.6. The second kappa shape index (κ2) is 7.03. The molecule has 1 aliphatic carbocycles. The highest BCUT2D eigenvalue weighted by Gasteiger charge is 2.28. The number of methoxy groups -OCH3 is 1. The summed E-state index contributed by atoms with van der Waals surface area (Å²) in [6, 6.07) is 8.45. The van der Waals surface area contributed by atoms with E-state index in [0.29, 0.717) is 0 Å². The van der Waals surface area contributed by atoms with E-state index >= 15 is 0 Å². The molecule has 2 aliphatic rings. The van der Waals surface area contributed by atoms with Crippen molar-refractivity contribution >= 4 is 6.03 Å². The first-order valence-corrected chi connectivity index (χ1v) is 8.46. The maximum atomic E-state index is 12.6. The Kier molecular flexibility index (Phi) is 4.86. The van der Waals surface area contributed by atoms with Gasteiger partial charge >= 0.3 is 6.03 Å². The lowest BCUT2D eigenvalue weighted by Crippen LogP contribution is -2.42. The lowest BCUT2D eigenvalue weighted by atomic mass is 10.0. The van der Waals surface area contributed by atoms with Crippen LogP contribution in [0.15, 0.2) is 24.3 Å². The number of ether oxygens (including phenoxy) is 1. The minimum absolute atomic E-state index is 0.106. The fourth-order valence-corrected chi connectivity index (χ4v) is 3.18. The number of nitrogens with zero attached hydrogens (tertiary/aromatic N) is 1. The first kappa shape index (κ1) is 15.2. The van der Waals surface area contributed by atoms with Crippen molar-refractivity contribution in [2.24, 2.45) is 5.92 Å². The molecule has 1 saturated heterocycles. The Bertz CT molecular complexity index is 496. The molecule has 0 radical (unpaired) electrons. The highest BCUT2D eigenvalue weighted by molar-refractivity contribution is 5.74. The summed E-state index contributed by atoms with van der Waals surface area (Å²) < 4.78 is 5.23. The van der Waals surface area contributed by atoms with Crippen molar-refractivity contribution in [1.82, 2.24) is 10.2 Å². The maximum Gasteiger partial charge on any atom is 0.317 e. The van der Waals surface area contributed by atoms with E-state index in [1.165, 1.54) is 31.2 Å². The zero-order chi connectivity index (χ0) is 15.4. The molecule has 1 aromatic carbocycles. The molecule has 4 heteroatoms. The summed E-state index contributed by atoms with van der Waals surface area (Å²) in [6.07, 6.45) is 7.07. The number of rotatable bonds is 4. The van der Waals surface area contributed by atoms with Crippen molar-refractivity contribution in [1.29, 1.82) is 0 Å². The molecule has 0 unspecified atom stereocenters. The van der Waals surface area contributed by atoms with E-state index < -0.39 is 0 Å². The van der Waals surface area contributed by atoms with Crippen LogP contribution >= 0.6 is 0 Å². The predicted molar refractivity (Wildman–Crippen MR) is 87.0 cm³/mol. The highest BCUT2D eigenvalue weighted by atomic mass is 16.5. The van der Waals surface area contributed by atoms with E-state index in [9.17, 15) is 4.79 Å². The lowest BCUT2D eigenvalue weighted by molar-refractivity contribution is 0.175. The molecule has 120 valence electrons. The number of hydrogen-bond acceptors (Lipinski definition) is 2. The van der Waals surface area contributed by atoms with Crippen LogP contribution in [0.5, 0.6) is 5.75 Å². The van der Waals surface area contributed by atoms with Crippen LogP contribution in [0.3, 0.4) is 0 Å². The lowest BCUT2D eigenvalue weighted by Gasteiger charge is -2.30. The Morgan fingerprint density at radius 1 is 1.18 bits per heavy atom. The van der Waals surface area contributed by atoms with Gasteiger partial charge in [-0.25, -0.2) is 4.79 Å². The first-order valence-electron chi connectivity index (χ1n) is 8.46. The summed E-state index contributed by atoms with van der Waals surface area (Å²) in [5, 5.41) is 3.13. The Morgan fingerprint density at radius 2 is 1.95 bits per heavy atom. The Balaban J connectivity index is 1.72. The Labute approximate surface area is 132 Å². The van der Waals surface area contributed by atoms with Gasteiger partial charge in [-0.1, -0.05) is 25.0 Å². The Morgan fingerprint density at radius 3 is 2.64 bits per heavy atom. The van der Waals surface area contributed by atoms with Gasteiger partial charge < -0.3 is 15.0 Å². The van der Waals surface area contributed by atoms with Gasteiger partial charge in [0.25, 0.3) is 0 Å². The fourth-order valence-electron chi connectivity index (χ4n) is 3.18. The van der Waals surface area contributed by atoms with E-state index in [1.54, 1.807) is 7.11 Å². The number of carbonyl (C=O) groups is 1.